The number of H-pyrrole nitrogens is 1. The summed E-state index contributed by atoms with van der Waals surface area (Å²) in [6.07, 6.45) is 3.60. The highest BCUT2D eigenvalue weighted by Crippen LogP contribution is 2.27. The quantitative estimate of drug-likeness (QED) is 0.431. The van der Waals surface area contributed by atoms with Gasteiger partial charge in [-0.25, -0.2) is 9.67 Å². The molecule has 0 aliphatic rings. The molecule has 3 heterocycles. The predicted molar refractivity (Wildman–Crippen MR) is 125 cm³/mol. The highest BCUT2D eigenvalue weighted by Gasteiger charge is 2.23. The second kappa shape index (κ2) is 8.59. The van der Waals surface area contributed by atoms with E-state index < -0.39 is 0 Å². The summed E-state index contributed by atoms with van der Waals surface area (Å²) in [5.74, 6) is 0.283. The maximum absolute atomic E-state index is 13.0. The first-order chi connectivity index (χ1) is 15.3. The number of aromatic amines is 1. The van der Waals surface area contributed by atoms with Crippen LogP contribution in [0.1, 0.15) is 56.1 Å². The summed E-state index contributed by atoms with van der Waals surface area (Å²) < 4.78 is 1.80. The van der Waals surface area contributed by atoms with Gasteiger partial charge in [-0.1, -0.05) is 32.9 Å². The zero-order chi connectivity index (χ0) is 22.9. The van der Waals surface area contributed by atoms with Crippen LogP contribution in [0.15, 0.2) is 54.9 Å². The van der Waals surface area contributed by atoms with E-state index >= 15 is 0 Å². The molecule has 3 aromatic heterocycles. The number of nitrogens with one attached hydrogen (secondary N) is 2. The Balaban J connectivity index is 1.57. The van der Waals surface area contributed by atoms with E-state index in [9.17, 15) is 9.90 Å². The summed E-state index contributed by atoms with van der Waals surface area (Å²) >= 11 is 0. The van der Waals surface area contributed by atoms with Crippen LogP contribution in [0.25, 0.3) is 16.7 Å². The van der Waals surface area contributed by atoms with Crippen molar-refractivity contribution in [1.82, 2.24) is 25.1 Å². The molecule has 0 spiro atoms. The Hall–Kier alpha value is -3.45. The number of carbonyl (C=O) groups excluding carboxylic acids is 1. The van der Waals surface area contributed by atoms with Crippen LogP contribution in [-0.4, -0.2) is 30.8 Å². The number of amides is 1. The number of nitrogens with zero attached hydrogens (tertiary/aromatic N) is 3. The molecule has 0 saturated carbocycles. The van der Waals surface area contributed by atoms with Crippen molar-refractivity contribution in [3.8, 4) is 5.82 Å². The summed E-state index contributed by atoms with van der Waals surface area (Å²) in [6, 6.07) is 13.4. The molecule has 0 saturated heterocycles. The van der Waals surface area contributed by atoms with E-state index in [1.165, 1.54) is 0 Å². The van der Waals surface area contributed by atoms with Gasteiger partial charge < -0.3 is 15.4 Å². The zero-order valence-corrected chi connectivity index (χ0v) is 18.9. The van der Waals surface area contributed by atoms with Gasteiger partial charge in [-0.05, 0) is 48.4 Å². The van der Waals surface area contributed by atoms with E-state index in [1.807, 2.05) is 55.6 Å². The molecule has 4 aromatic rings. The second-order valence-corrected chi connectivity index (χ2v) is 9.09. The first kappa shape index (κ1) is 21.8. The van der Waals surface area contributed by atoms with Gasteiger partial charge in [0.2, 0.25) is 5.91 Å². The number of aliphatic hydroxyl groups is 1. The van der Waals surface area contributed by atoms with Gasteiger partial charge in [-0.15, -0.1) is 0 Å². The van der Waals surface area contributed by atoms with Crippen molar-refractivity contribution in [2.24, 2.45) is 0 Å². The summed E-state index contributed by atoms with van der Waals surface area (Å²) in [6.45, 7) is 8.53. The van der Waals surface area contributed by atoms with Crippen molar-refractivity contribution >= 4 is 16.8 Å². The van der Waals surface area contributed by atoms with Crippen LogP contribution in [0.2, 0.25) is 0 Å². The molecular weight excluding hydrogens is 402 g/mol. The van der Waals surface area contributed by atoms with E-state index in [0.717, 1.165) is 33.4 Å². The van der Waals surface area contributed by atoms with Crippen LogP contribution in [0.5, 0.6) is 0 Å². The van der Waals surface area contributed by atoms with Crippen molar-refractivity contribution in [3.63, 3.8) is 0 Å². The molecule has 166 valence electrons. The first-order valence-electron chi connectivity index (χ1n) is 10.8. The molecule has 7 heteroatoms. The van der Waals surface area contributed by atoms with Crippen LogP contribution in [0.3, 0.4) is 0 Å². The Morgan fingerprint density at radius 2 is 2.03 bits per heavy atom. The fourth-order valence-electron chi connectivity index (χ4n) is 3.71. The van der Waals surface area contributed by atoms with E-state index in [0.29, 0.717) is 12.4 Å². The smallest absolute Gasteiger partial charge is 0.227 e. The normalized spacial score (nSPS) is 12.8. The lowest BCUT2D eigenvalue weighted by Gasteiger charge is -2.14. The first-order valence-corrected chi connectivity index (χ1v) is 10.8. The number of carbonyl (C=O) groups is 1. The average molecular weight is 432 g/mol. The molecule has 0 aliphatic carbocycles. The molecule has 1 unspecified atom stereocenters. The molecule has 4 rings (SSSR count). The number of aromatic nitrogens is 4. The van der Waals surface area contributed by atoms with Gasteiger partial charge in [0.15, 0.2) is 5.82 Å². The standard InChI is InChI=1S/C25H29N5O2/c1-16(20-14-27-21-9-8-17(15-31)11-19(20)21)24(32)28-13-18-12-22(25(2,3)4)29-30(18)23-7-5-6-10-26-23/h5-12,14,16,27,31H,13,15H2,1-4H3,(H,28,32). The third kappa shape index (κ3) is 4.29. The lowest BCUT2D eigenvalue weighted by atomic mass is 9.92. The molecule has 1 amide bonds. The molecule has 3 N–H and O–H groups in total. The number of pyridine rings is 1. The van der Waals surface area contributed by atoms with Gasteiger partial charge in [-0.3, -0.25) is 4.79 Å². The van der Waals surface area contributed by atoms with Crippen LogP contribution in [-0.2, 0) is 23.4 Å². The van der Waals surface area contributed by atoms with Gasteiger partial charge in [-0.2, -0.15) is 5.10 Å². The third-order valence-corrected chi connectivity index (χ3v) is 5.68. The fourth-order valence-corrected chi connectivity index (χ4v) is 3.71. The van der Waals surface area contributed by atoms with Crippen LogP contribution < -0.4 is 5.32 Å². The van der Waals surface area contributed by atoms with Crippen LogP contribution in [0, 0.1) is 0 Å². The van der Waals surface area contributed by atoms with E-state index in [2.05, 4.69) is 36.1 Å². The van der Waals surface area contributed by atoms with Gasteiger partial charge in [0, 0.05) is 28.7 Å². The van der Waals surface area contributed by atoms with Gasteiger partial charge >= 0.3 is 0 Å². The topological polar surface area (TPSA) is 95.8 Å². The minimum absolute atomic E-state index is 0.0330. The lowest BCUT2D eigenvalue weighted by molar-refractivity contribution is -0.122. The molecular formula is C25H29N5O2. The van der Waals surface area contributed by atoms with Gasteiger partial charge in [0.05, 0.1) is 30.5 Å². The Kier molecular flexibility index (Phi) is 5.84. The zero-order valence-electron chi connectivity index (χ0n) is 18.9. The number of hydrogen-bond acceptors (Lipinski definition) is 4. The summed E-state index contributed by atoms with van der Waals surface area (Å²) in [4.78, 5) is 20.7. The monoisotopic (exact) mass is 431 g/mol. The van der Waals surface area contributed by atoms with Crippen molar-refractivity contribution in [2.75, 3.05) is 0 Å². The SMILES string of the molecule is CC(C(=O)NCc1cc(C(C)(C)C)nn1-c1ccccn1)c1c[nH]c2ccc(CO)cc12. The minimum Gasteiger partial charge on any atom is -0.392 e. The highest BCUT2D eigenvalue weighted by molar-refractivity contribution is 5.92. The maximum Gasteiger partial charge on any atom is 0.227 e. The molecule has 0 aliphatic heterocycles. The molecule has 1 aromatic carbocycles. The molecule has 0 bridgehead atoms. The average Bonchev–Trinajstić information content (AvgIpc) is 3.41. The van der Waals surface area contributed by atoms with Crippen LogP contribution >= 0.6 is 0 Å². The van der Waals surface area contributed by atoms with Crippen molar-refractivity contribution in [2.45, 2.75) is 52.2 Å². The summed E-state index contributed by atoms with van der Waals surface area (Å²) in [5, 5.41) is 18.2. The van der Waals surface area contributed by atoms with Crippen molar-refractivity contribution in [1.29, 1.82) is 0 Å². The number of fused-ring (bicyclic) bond motifs is 1. The maximum atomic E-state index is 13.0. The van der Waals surface area contributed by atoms with Crippen molar-refractivity contribution in [3.05, 3.63) is 77.4 Å². The largest absolute Gasteiger partial charge is 0.392 e. The molecule has 7 nitrogen and oxygen atoms in total. The van der Waals surface area contributed by atoms with Crippen molar-refractivity contribution < 1.29 is 9.90 Å². The van der Waals surface area contributed by atoms with E-state index in [-0.39, 0.29) is 23.8 Å². The Labute approximate surface area is 187 Å². The molecule has 0 fully saturated rings. The Morgan fingerprint density at radius 1 is 1.22 bits per heavy atom. The molecule has 32 heavy (non-hydrogen) atoms. The van der Waals surface area contributed by atoms with E-state index in [1.54, 1.807) is 10.9 Å². The second-order valence-electron chi connectivity index (χ2n) is 9.09. The number of aliphatic hydroxyl groups excluding tert-OH is 1. The molecule has 0 radical (unpaired) electrons. The number of benzene rings is 1. The fraction of sp³-hybridized carbons (Fsp3) is 0.320. The van der Waals surface area contributed by atoms with Crippen LogP contribution in [0.4, 0.5) is 0 Å². The van der Waals surface area contributed by atoms with E-state index in [4.69, 9.17) is 5.10 Å². The predicted octanol–water partition coefficient (Wildman–Crippen LogP) is 3.96. The third-order valence-electron chi connectivity index (χ3n) is 5.68. The minimum atomic E-state index is -0.356. The highest BCUT2D eigenvalue weighted by atomic mass is 16.3. The van der Waals surface area contributed by atoms with Gasteiger partial charge in [0.1, 0.15) is 0 Å². The number of hydrogen-bond donors (Lipinski definition) is 3. The summed E-state index contributed by atoms with van der Waals surface area (Å²) in [5.41, 5.74) is 4.35. The Bertz CT molecular complexity index is 1230. The lowest BCUT2D eigenvalue weighted by Crippen LogP contribution is -2.28. The van der Waals surface area contributed by atoms with Gasteiger partial charge in [0.25, 0.3) is 0 Å². The Morgan fingerprint density at radius 3 is 2.72 bits per heavy atom. The summed E-state index contributed by atoms with van der Waals surface area (Å²) in [7, 11) is 0. The molecule has 1 atom stereocenters. The number of rotatable bonds is 6.